The van der Waals surface area contributed by atoms with E-state index in [2.05, 4.69) is 9.97 Å². The van der Waals surface area contributed by atoms with Crippen LogP contribution in [0.2, 0.25) is 10.0 Å². The molecule has 0 aliphatic rings. The molecule has 0 amide bonds. The van der Waals surface area contributed by atoms with E-state index in [1.54, 1.807) is 24.5 Å². The highest BCUT2D eigenvalue weighted by atomic mass is 35.5. The molecule has 0 N–H and O–H groups in total. The molecule has 0 fully saturated rings. The molecule has 0 atom stereocenters. The highest BCUT2D eigenvalue weighted by molar-refractivity contribution is 6.35. The predicted molar refractivity (Wildman–Crippen MR) is 88.3 cm³/mol. The summed E-state index contributed by atoms with van der Waals surface area (Å²) in [7, 11) is 0. The summed E-state index contributed by atoms with van der Waals surface area (Å²) >= 11 is 12.3. The van der Waals surface area contributed by atoms with E-state index in [4.69, 9.17) is 27.9 Å². The second-order valence-electron chi connectivity index (χ2n) is 4.64. The molecule has 0 aliphatic heterocycles. The molecule has 110 valence electrons. The van der Waals surface area contributed by atoms with Crippen LogP contribution in [0.4, 0.5) is 0 Å². The van der Waals surface area contributed by atoms with Crippen molar-refractivity contribution in [1.29, 1.82) is 0 Å². The Morgan fingerprint density at radius 2 is 1.55 bits per heavy atom. The third-order valence-electron chi connectivity index (χ3n) is 3.17. The molecule has 0 radical (unpaired) electrons. The number of hydrogen-bond donors (Lipinski definition) is 0. The molecular formula is C17H12Cl2N2O. The zero-order chi connectivity index (χ0) is 15.4. The van der Waals surface area contributed by atoms with Crippen LogP contribution < -0.4 is 4.74 Å². The van der Waals surface area contributed by atoms with Gasteiger partial charge >= 0.3 is 0 Å². The Labute approximate surface area is 138 Å². The minimum Gasteiger partial charge on any atom is -0.489 e. The van der Waals surface area contributed by atoms with E-state index < -0.39 is 0 Å². The predicted octanol–water partition coefficient (Wildman–Crippen LogP) is 5.03. The van der Waals surface area contributed by atoms with Crippen molar-refractivity contribution < 1.29 is 4.74 Å². The van der Waals surface area contributed by atoms with Gasteiger partial charge in [0, 0.05) is 33.6 Å². The first-order valence-corrected chi connectivity index (χ1v) is 7.41. The summed E-state index contributed by atoms with van der Waals surface area (Å²) in [5.74, 6) is 0.734. The van der Waals surface area contributed by atoms with Gasteiger partial charge in [-0.1, -0.05) is 41.4 Å². The third kappa shape index (κ3) is 3.38. The average molecular weight is 331 g/mol. The van der Waals surface area contributed by atoms with E-state index in [1.807, 2.05) is 30.3 Å². The van der Waals surface area contributed by atoms with Gasteiger partial charge in [-0.05, 0) is 29.8 Å². The molecule has 0 aliphatic carbocycles. The van der Waals surface area contributed by atoms with Crippen molar-refractivity contribution in [1.82, 2.24) is 9.97 Å². The lowest BCUT2D eigenvalue weighted by atomic mass is 10.1. The molecule has 1 aromatic heterocycles. The third-order valence-corrected chi connectivity index (χ3v) is 3.88. The second-order valence-corrected chi connectivity index (χ2v) is 5.46. The Morgan fingerprint density at radius 1 is 0.864 bits per heavy atom. The van der Waals surface area contributed by atoms with Gasteiger partial charge in [0.1, 0.15) is 18.7 Å². The number of halogens is 2. The molecular weight excluding hydrogens is 319 g/mol. The molecule has 2 aromatic carbocycles. The second kappa shape index (κ2) is 6.77. The summed E-state index contributed by atoms with van der Waals surface area (Å²) in [5, 5.41) is 1.19. The molecule has 0 unspecified atom stereocenters. The van der Waals surface area contributed by atoms with Gasteiger partial charge in [0.05, 0.1) is 0 Å². The van der Waals surface area contributed by atoms with E-state index >= 15 is 0 Å². The largest absolute Gasteiger partial charge is 0.489 e. The van der Waals surface area contributed by atoms with Crippen LogP contribution in [0.3, 0.4) is 0 Å². The lowest BCUT2D eigenvalue weighted by Gasteiger charge is -2.10. The fourth-order valence-electron chi connectivity index (χ4n) is 2.04. The van der Waals surface area contributed by atoms with E-state index in [-0.39, 0.29) is 0 Å². The van der Waals surface area contributed by atoms with Crippen LogP contribution >= 0.6 is 23.2 Å². The summed E-state index contributed by atoms with van der Waals surface area (Å²) in [6.45, 7) is 0.313. The van der Waals surface area contributed by atoms with Crippen molar-refractivity contribution in [3.8, 4) is 16.9 Å². The van der Waals surface area contributed by atoms with Gasteiger partial charge in [-0.3, -0.25) is 0 Å². The van der Waals surface area contributed by atoms with Crippen molar-refractivity contribution >= 4 is 23.2 Å². The van der Waals surface area contributed by atoms with Crippen LogP contribution in [-0.4, -0.2) is 9.97 Å². The zero-order valence-corrected chi connectivity index (χ0v) is 13.1. The van der Waals surface area contributed by atoms with Crippen molar-refractivity contribution in [3.63, 3.8) is 0 Å². The van der Waals surface area contributed by atoms with Gasteiger partial charge in [-0.2, -0.15) is 0 Å². The highest BCUT2D eigenvalue weighted by Gasteiger charge is 2.07. The standard InChI is InChI=1S/C17H12Cl2N2O/c18-16-5-2-6-17(19)15(16)10-22-14-4-1-3-12(7-14)13-8-20-11-21-9-13/h1-9,11H,10H2. The molecule has 3 nitrogen and oxygen atoms in total. The lowest BCUT2D eigenvalue weighted by Crippen LogP contribution is -1.97. The van der Waals surface area contributed by atoms with Crippen molar-refractivity contribution in [2.45, 2.75) is 6.61 Å². The first-order chi connectivity index (χ1) is 10.7. The summed E-state index contributed by atoms with van der Waals surface area (Å²) in [5.41, 5.74) is 2.70. The van der Waals surface area contributed by atoms with Gasteiger partial charge in [-0.25, -0.2) is 9.97 Å². The molecule has 5 heteroatoms. The first-order valence-electron chi connectivity index (χ1n) is 6.65. The van der Waals surface area contributed by atoms with Crippen LogP contribution in [-0.2, 0) is 6.61 Å². The van der Waals surface area contributed by atoms with Crippen LogP contribution in [0.1, 0.15) is 5.56 Å². The Balaban J connectivity index is 1.79. The van der Waals surface area contributed by atoms with Gasteiger partial charge in [0.25, 0.3) is 0 Å². The maximum Gasteiger partial charge on any atom is 0.120 e. The molecule has 1 heterocycles. The minimum absolute atomic E-state index is 0.313. The van der Waals surface area contributed by atoms with E-state index in [1.165, 1.54) is 6.33 Å². The van der Waals surface area contributed by atoms with Crippen LogP contribution in [0.25, 0.3) is 11.1 Å². The summed E-state index contributed by atoms with van der Waals surface area (Å²) in [6, 6.07) is 13.1. The Morgan fingerprint density at radius 3 is 2.27 bits per heavy atom. The number of nitrogens with zero attached hydrogens (tertiary/aromatic N) is 2. The maximum atomic E-state index is 6.14. The zero-order valence-electron chi connectivity index (χ0n) is 11.5. The Kier molecular flexibility index (Phi) is 4.56. The molecule has 22 heavy (non-hydrogen) atoms. The monoisotopic (exact) mass is 330 g/mol. The number of aromatic nitrogens is 2. The van der Waals surface area contributed by atoms with E-state index in [0.717, 1.165) is 22.4 Å². The molecule has 3 aromatic rings. The van der Waals surface area contributed by atoms with Gasteiger partial charge in [-0.15, -0.1) is 0 Å². The van der Waals surface area contributed by atoms with Crippen LogP contribution in [0.5, 0.6) is 5.75 Å². The smallest absolute Gasteiger partial charge is 0.120 e. The molecule has 0 saturated carbocycles. The van der Waals surface area contributed by atoms with Crippen LogP contribution in [0.15, 0.2) is 61.2 Å². The first kappa shape index (κ1) is 14.8. The Hall–Kier alpha value is -2.10. The number of ether oxygens (including phenoxy) is 1. The maximum absolute atomic E-state index is 6.14. The number of benzene rings is 2. The fourth-order valence-corrected chi connectivity index (χ4v) is 2.55. The summed E-state index contributed by atoms with van der Waals surface area (Å²) in [6.07, 6.45) is 5.03. The minimum atomic E-state index is 0.313. The quantitative estimate of drug-likeness (QED) is 0.672. The molecule has 0 spiro atoms. The van der Waals surface area contributed by atoms with Crippen LogP contribution in [0, 0.1) is 0 Å². The van der Waals surface area contributed by atoms with Gasteiger partial charge < -0.3 is 4.74 Å². The molecule has 0 saturated heterocycles. The Bertz CT molecular complexity index is 758. The topological polar surface area (TPSA) is 35.0 Å². The highest BCUT2D eigenvalue weighted by Crippen LogP contribution is 2.27. The normalized spacial score (nSPS) is 10.5. The van der Waals surface area contributed by atoms with Crippen molar-refractivity contribution in [3.05, 3.63) is 76.8 Å². The number of hydrogen-bond acceptors (Lipinski definition) is 3. The molecule has 3 rings (SSSR count). The van der Waals surface area contributed by atoms with Crippen molar-refractivity contribution in [2.24, 2.45) is 0 Å². The SMILES string of the molecule is Clc1cccc(Cl)c1COc1cccc(-c2cncnc2)c1. The average Bonchev–Trinajstić information content (AvgIpc) is 2.55. The van der Waals surface area contributed by atoms with Crippen molar-refractivity contribution in [2.75, 3.05) is 0 Å². The van der Waals surface area contributed by atoms with Gasteiger partial charge in [0.2, 0.25) is 0 Å². The lowest BCUT2D eigenvalue weighted by molar-refractivity contribution is 0.306. The molecule has 0 bridgehead atoms. The van der Waals surface area contributed by atoms with E-state index in [0.29, 0.717) is 16.7 Å². The van der Waals surface area contributed by atoms with Gasteiger partial charge in [0.15, 0.2) is 0 Å². The summed E-state index contributed by atoms with van der Waals surface area (Å²) in [4.78, 5) is 8.04. The summed E-state index contributed by atoms with van der Waals surface area (Å²) < 4.78 is 5.81. The van der Waals surface area contributed by atoms with E-state index in [9.17, 15) is 0 Å². The fraction of sp³-hybridized carbons (Fsp3) is 0.0588. The number of rotatable bonds is 4.